The van der Waals surface area contributed by atoms with Crippen LogP contribution in [0.5, 0.6) is 0 Å². The lowest BCUT2D eigenvalue weighted by Gasteiger charge is -2.36. The summed E-state index contributed by atoms with van der Waals surface area (Å²) in [6.07, 6.45) is -6.45. The van der Waals surface area contributed by atoms with E-state index in [1.165, 1.54) is 4.90 Å². The molecule has 0 bridgehead atoms. The van der Waals surface area contributed by atoms with Crippen LogP contribution in [0.4, 0.5) is 28.0 Å². The first-order chi connectivity index (χ1) is 13.8. The van der Waals surface area contributed by atoms with Gasteiger partial charge >= 0.3 is 18.2 Å². The number of amides is 1. The van der Waals surface area contributed by atoms with Crippen molar-refractivity contribution in [3.8, 4) is 0 Å². The van der Waals surface area contributed by atoms with Crippen LogP contribution in [0, 0.1) is 5.92 Å². The Hall–Kier alpha value is -2.52. The number of halogens is 4. The van der Waals surface area contributed by atoms with Gasteiger partial charge in [-0.05, 0) is 45.4 Å². The van der Waals surface area contributed by atoms with Crippen molar-refractivity contribution in [3.63, 3.8) is 0 Å². The molecule has 1 N–H and O–H groups in total. The summed E-state index contributed by atoms with van der Waals surface area (Å²) >= 11 is 0. The van der Waals surface area contributed by atoms with Crippen LogP contribution in [0.25, 0.3) is 0 Å². The standard InChI is InChI=1S/C20H26F4N2O4/c1-19(2,3)30-18(28)26-8-7-13(15(21)11-26)10-25-16-9-12(17(27)29-4)5-6-14(16)20(22,23)24/h5-6,9,13,15,25H,7-8,10-11H2,1-4H3. The van der Waals surface area contributed by atoms with Crippen molar-refractivity contribution in [2.75, 3.05) is 32.1 Å². The van der Waals surface area contributed by atoms with Gasteiger partial charge in [0, 0.05) is 24.7 Å². The Morgan fingerprint density at radius 3 is 2.43 bits per heavy atom. The Kier molecular flexibility index (Phi) is 7.20. The van der Waals surface area contributed by atoms with Crippen LogP contribution >= 0.6 is 0 Å². The van der Waals surface area contributed by atoms with E-state index in [0.717, 1.165) is 25.3 Å². The lowest BCUT2D eigenvalue weighted by molar-refractivity contribution is -0.137. The molecule has 1 aliphatic heterocycles. The van der Waals surface area contributed by atoms with Gasteiger partial charge in [-0.1, -0.05) is 0 Å². The topological polar surface area (TPSA) is 67.9 Å². The zero-order valence-electron chi connectivity index (χ0n) is 17.3. The zero-order valence-corrected chi connectivity index (χ0v) is 17.3. The lowest BCUT2D eigenvalue weighted by Crippen LogP contribution is -2.48. The van der Waals surface area contributed by atoms with Crippen molar-refractivity contribution in [2.45, 2.75) is 45.1 Å². The summed E-state index contributed by atoms with van der Waals surface area (Å²) in [5, 5.41) is 2.62. The first-order valence-corrected chi connectivity index (χ1v) is 9.47. The van der Waals surface area contributed by atoms with Crippen molar-refractivity contribution in [1.29, 1.82) is 0 Å². The molecule has 0 radical (unpaired) electrons. The number of nitrogens with one attached hydrogen (secondary N) is 1. The van der Waals surface area contributed by atoms with Gasteiger partial charge in [-0.25, -0.2) is 14.0 Å². The molecule has 2 unspecified atom stereocenters. The van der Waals surface area contributed by atoms with Crippen LogP contribution in [0.2, 0.25) is 0 Å². The predicted octanol–water partition coefficient (Wildman–Crippen LogP) is 4.50. The van der Waals surface area contributed by atoms with Gasteiger partial charge in [-0.2, -0.15) is 13.2 Å². The number of anilines is 1. The average Bonchev–Trinajstić information content (AvgIpc) is 2.63. The summed E-state index contributed by atoms with van der Waals surface area (Å²) in [6.45, 7) is 5.06. The van der Waals surface area contributed by atoms with Gasteiger partial charge in [0.05, 0.1) is 24.8 Å². The van der Waals surface area contributed by atoms with E-state index in [9.17, 15) is 27.2 Å². The lowest BCUT2D eigenvalue weighted by atomic mass is 9.94. The van der Waals surface area contributed by atoms with Crippen molar-refractivity contribution in [2.24, 2.45) is 5.92 Å². The minimum absolute atomic E-state index is 0.0513. The number of ether oxygens (including phenoxy) is 2. The molecule has 30 heavy (non-hydrogen) atoms. The average molecular weight is 434 g/mol. The molecule has 1 aromatic rings. The summed E-state index contributed by atoms with van der Waals surface area (Å²) in [4.78, 5) is 25.0. The number of methoxy groups -OCH3 is 1. The molecule has 2 atom stereocenters. The highest BCUT2D eigenvalue weighted by molar-refractivity contribution is 5.90. The molecule has 1 saturated heterocycles. The molecule has 1 aliphatic rings. The monoisotopic (exact) mass is 434 g/mol. The van der Waals surface area contributed by atoms with Gasteiger partial charge in [0.2, 0.25) is 0 Å². The van der Waals surface area contributed by atoms with Gasteiger partial charge < -0.3 is 19.7 Å². The first-order valence-electron chi connectivity index (χ1n) is 9.47. The second-order valence-electron chi connectivity index (χ2n) is 8.12. The molecule has 6 nitrogen and oxygen atoms in total. The number of hydrogen-bond donors (Lipinski definition) is 1. The summed E-state index contributed by atoms with van der Waals surface area (Å²) < 4.78 is 64.2. The largest absolute Gasteiger partial charge is 0.465 e. The van der Waals surface area contributed by atoms with E-state index in [1.807, 2.05) is 0 Å². The van der Waals surface area contributed by atoms with E-state index < -0.39 is 41.5 Å². The summed E-state index contributed by atoms with van der Waals surface area (Å²) in [5.74, 6) is -1.38. The van der Waals surface area contributed by atoms with Crippen LogP contribution < -0.4 is 5.32 Å². The van der Waals surface area contributed by atoms with Crippen LogP contribution in [0.1, 0.15) is 43.1 Å². The van der Waals surface area contributed by atoms with E-state index in [4.69, 9.17) is 4.74 Å². The highest BCUT2D eigenvalue weighted by atomic mass is 19.4. The highest BCUT2D eigenvalue weighted by Gasteiger charge is 2.36. The second kappa shape index (κ2) is 9.09. The maximum atomic E-state index is 14.6. The van der Waals surface area contributed by atoms with Gasteiger partial charge in [-0.15, -0.1) is 0 Å². The molecule has 2 rings (SSSR count). The normalized spacial score (nSPS) is 19.9. The minimum atomic E-state index is -4.65. The Morgan fingerprint density at radius 1 is 1.23 bits per heavy atom. The molecule has 0 spiro atoms. The number of rotatable bonds is 4. The van der Waals surface area contributed by atoms with E-state index in [-0.39, 0.29) is 37.3 Å². The third kappa shape index (κ3) is 6.24. The van der Waals surface area contributed by atoms with Crippen molar-refractivity contribution in [3.05, 3.63) is 29.3 Å². The van der Waals surface area contributed by atoms with Crippen molar-refractivity contribution < 1.29 is 36.6 Å². The van der Waals surface area contributed by atoms with E-state index in [0.29, 0.717) is 0 Å². The first kappa shape index (κ1) is 23.8. The smallest absolute Gasteiger partial charge is 0.418 e. The Morgan fingerprint density at radius 2 is 1.90 bits per heavy atom. The van der Waals surface area contributed by atoms with Crippen LogP contribution in [0.15, 0.2) is 18.2 Å². The van der Waals surface area contributed by atoms with Gasteiger partial charge in [0.15, 0.2) is 0 Å². The van der Waals surface area contributed by atoms with E-state index in [1.54, 1.807) is 20.8 Å². The molecule has 1 amide bonds. The fourth-order valence-corrected chi connectivity index (χ4v) is 3.10. The fourth-order valence-electron chi connectivity index (χ4n) is 3.10. The number of carbonyl (C=O) groups is 2. The molecule has 0 aromatic heterocycles. The Balaban J connectivity index is 2.06. The van der Waals surface area contributed by atoms with Crippen LogP contribution in [0.3, 0.4) is 0 Å². The number of piperidine rings is 1. The maximum Gasteiger partial charge on any atom is 0.418 e. The predicted molar refractivity (Wildman–Crippen MR) is 102 cm³/mol. The second-order valence-corrected chi connectivity index (χ2v) is 8.12. The molecule has 168 valence electrons. The number of carbonyl (C=O) groups excluding carboxylic acids is 2. The minimum Gasteiger partial charge on any atom is -0.465 e. The Labute approximate surface area is 172 Å². The van der Waals surface area contributed by atoms with Crippen LogP contribution in [-0.4, -0.2) is 55.5 Å². The van der Waals surface area contributed by atoms with Gasteiger partial charge in [0.1, 0.15) is 11.8 Å². The fraction of sp³-hybridized carbons (Fsp3) is 0.600. The van der Waals surface area contributed by atoms with Crippen molar-refractivity contribution in [1.82, 2.24) is 4.90 Å². The third-order valence-corrected chi connectivity index (χ3v) is 4.63. The number of benzene rings is 1. The molecule has 10 heteroatoms. The van der Waals surface area contributed by atoms with Gasteiger partial charge in [-0.3, -0.25) is 0 Å². The highest BCUT2D eigenvalue weighted by Crippen LogP contribution is 2.36. The molecule has 0 aliphatic carbocycles. The number of hydrogen-bond acceptors (Lipinski definition) is 5. The van der Waals surface area contributed by atoms with Gasteiger partial charge in [0.25, 0.3) is 0 Å². The number of esters is 1. The third-order valence-electron chi connectivity index (χ3n) is 4.63. The van der Waals surface area contributed by atoms with E-state index in [2.05, 4.69) is 10.1 Å². The van der Waals surface area contributed by atoms with E-state index >= 15 is 0 Å². The maximum absolute atomic E-state index is 14.6. The number of alkyl halides is 4. The quantitative estimate of drug-likeness (QED) is 0.558. The molecule has 1 heterocycles. The Bertz CT molecular complexity index is 777. The van der Waals surface area contributed by atoms with Crippen LogP contribution in [-0.2, 0) is 15.7 Å². The molecular formula is C20H26F4N2O4. The zero-order chi connectivity index (χ0) is 22.7. The van der Waals surface area contributed by atoms with Crippen molar-refractivity contribution >= 4 is 17.7 Å². The number of likely N-dealkylation sites (tertiary alicyclic amines) is 1. The molecule has 1 fully saturated rings. The molecular weight excluding hydrogens is 408 g/mol. The molecule has 1 aromatic carbocycles. The SMILES string of the molecule is COC(=O)c1ccc(C(F)(F)F)c(NCC2CCN(C(=O)OC(C)(C)C)CC2F)c1. The summed E-state index contributed by atoms with van der Waals surface area (Å²) in [7, 11) is 1.12. The summed E-state index contributed by atoms with van der Waals surface area (Å²) in [5.41, 5.74) is -2.05. The number of nitrogens with zero attached hydrogens (tertiary/aromatic N) is 1. The summed E-state index contributed by atoms with van der Waals surface area (Å²) in [6, 6.07) is 2.85. The molecule has 0 saturated carbocycles.